The number of nitrogens with zero attached hydrogens (tertiary/aromatic N) is 3. The zero-order chi connectivity index (χ0) is 16.2. The van der Waals surface area contributed by atoms with Crippen molar-refractivity contribution in [2.75, 3.05) is 31.2 Å². The van der Waals surface area contributed by atoms with Gasteiger partial charge in [-0.1, -0.05) is 6.07 Å². The maximum absolute atomic E-state index is 13.2. The summed E-state index contributed by atoms with van der Waals surface area (Å²) in [7, 11) is 0. The Hall–Kier alpha value is -2.28. The molecule has 0 N–H and O–H groups in total. The number of aromatic nitrogens is 2. The number of morpholine rings is 1. The van der Waals surface area contributed by atoms with Crippen LogP contribution in [0.15, 0.2) is 24.3 Å². The minimum Gasteiger partial charge on any atom is -0.473 e. The molecule has 2 aromatic rings. The number of aryl methyl sites for hydroxylation is 1. The highest BCUT2D eigenvalue weighted by molar-refractivity contribution is 5.34. The molecule has 23 heavy (non-hydrogen) atoms. The fraction of sp³-hybridized carbons (Fsp3) is 0.375. The first kappa shape index (κ1) is 15.6. The molecule has 0 amide bonds. The molecule has 0 spiro atoms. The van der Waals surface area contributed by atoms with Gasteiger partial charge in [0.15, 0.2) is 11.6 Å². The molecule has 1 fully saturated rings. The summed E-state index contributed by atoms with van der Waals surface area (Å²) in [5.41, 5.74) is 1.31. The molecular weight excluding hydrogens is 304 g/mol. The molecule has 0 bridgehead atoms. The molecule has 0 unspecified atom stereocenters. The van der Waals surface area contributed by atoms with Gasteiger partial charge in [-0.25, -0.2) is 13.8 Å². The Morgan fingerprint density at radius 1 is 1.13 bits per heavy atom. The second-order valence-electron chi connectivity index (χ2n) is 5.28. The highest BCUT2D eigenvalue weighted by Crippen LogP contribution is 2.18. The van der Waals surface area contributed by atoms with Crippen LogP contribution in [0.4, 0.5) is 14.7 Å². The van der Waals surface area contributed by atoms with E-state index in [0.29, 0.717) is 30.6 Å². The van der Waals surface area contributed by atoms with Crippen LogP contribution in [0.2, 0.25) is 0 Å². The van der Waals surface area contributed by atoms with Gasteiger partial charge < -0.3 is 14.4 Å². The standard InChI is InChI=1S/C16H17F2N3O2/c1-11-8-15(20-16(19-11)21-4-6-22-7-5-21)23-10-12-2-3-13(17)14(18)9-12/h2-3,8-9H,4-7,10H2,1H3. The SMILES string of the molecule is Cc1cc(OCc2ccc(F)c(F)c2)nc(N2CCOCC2)n1. The van der Waals surface area contributed by atoms with Crippen molar-refractivity contribution < 1.29 is 18.3 Å². The number of hydrogen-bond acceptors (Lipinski definition) is 5. The van der Waals surface area contributed by atoms with Crippen molar-refractivity contribution in [2.24, 2.45) is 0 Å². The fourth-order valence-corrected chi connectivity index (χ4v) is 2.29. The lowest BCUT2D eigenvalue weighted by Gasteiger charge is -2.27. The zero-order valence-corrected chi connectivity index (χ0v) is 12.8. The molecule has 5 nitrogen and oxygen atoms in total. The molecule has 7 heteroatoms. The van der Waals surface area contributed by atoms with Gasteiger partial charge in [-0.3, -0.25) is 0 Å². The van der Waals surface area contributed by atoms with Crippen molar-refractivity contribution in [3.8, 4) is 5.88 Å². The third-order valence-corrected chi connectivity index (χ3v) is 3.48. The van der Waals surface area contributed by atoms with Crippen molar-refractivity contribution in [1.82, 2.24) is 9.97 Å². The van der Waals surface area contributed by atoms with Gasteiger partial charge in [-0.15, -0.1) is 0 Å². The predicted molar refractivity (Wildman–Crippen MR) is 80.5 cm³/mol. The molecule has 0 atom stereocenters. The molecule has 1 aromatic heterocycles. The first-order valence-electron chi connectivity index (χ1n) is 7.37. The Morgan fingerprint density at radius 3 is 2.65 bits per heavy atom. The van der Waals surface area contributed by atoms with Crippen LogP contribution in [-0.2, 0) is 11.3 Å². The van der Waals surface area contributed by atoms with Crippen molar-refractivity contribution in [3.63, 3.8) is 0 Å². The lowest BCUT2D eigenvalue weighted by atomic mass is 10.2. The third kappa shape index (κ3) is 3.92. The number of halogens is 2. The minimum absolute atomic E-state index is 0.107. The highest BCUT2D eigenvalue weighted by Gasteiger charge is 2.15. The average Bonchev–Trinajstić information content (AvgIpc) is 2.56. The molecule has 1 aliphatic heterocycles. The fourth-order valence-electron chi connectivity index (χ4n) is 2.29. The summed E-state index contributed by atoms with van der Waals surface area (Å²) in [6.45, 7) is 4.70. The van der Waals surface area contributed by atoms with Gasteiger partial charge in [0, 0.05) is 24.8 Å². The van der Waals surface area contributed by atoms with E-state index in [4.69, 9.17) is 9.47 Å². The van der Waals surface area contributed by atoms with Gasteiger partial charge in [-0.05, 0) is 24.6 Å². The second kappa shape index (κ2) is 6.87. The van der Waals surface area contributed by atoms with Crippen LogP contribution < -0.4 is 9.64 Å². The summed E-state index contributed by atoms with van der Waals surface area (Å²) in [6.07, 6.45) is 0. The van der Waals surface area contributed by atoms with E-state index in [1.54, 1.807) is 6.07 Å². The number of rotatable bonds is 4. The summed E-state index contributed by atoms with van der Waals surface area (Å²) in [5, 5.41) is 0. The summed E-state index contributed by atoms with van der Waals surface area (Å²) < 4.78 is 37.0. The Labute approximate surface area is 132 Å². The van der Waals surface area contributed by atoms with E-state index in [-0.39, 0.29) is 6.61 Å². The summed E-state index contributed by atoms with van der Waals surface area (Å²) in [4.78, 5) is 10.8. The van der Waals surface area contributed by atoms with E-state index in [9.17, 15) is 8.78 Å². The van der Waals surface area contributed by atoms with Crippen LogP contribution in [0, 0.1) is 18.6 Å². The summed E-state index contributed by atoms with van der Waals surface area (Å²) >= 11 is 0. The largest absolute Gasteiger partial charge is 0.473 e. The molecule has 0 aliphatic carbocycles. The Bertz CT molecular complexity index is 691. The molecule has 1 aliphatic rings. The average molecular weight is 321 g/mol. The maximum atomic E-state index is 13.2. The monoisotopic (exact) mass is 321 g/mol. The normalized spacial score (nSPS) is 14.8. The number of benzene rings is 1. The van der Waals surface area contributed by atoms with Crippen molar-refractivity contribution in [3.05, 3.63) is 47.2 Å². The Kier molecular flexibility index (Phi) is 4.66. The number of anilines is 1. The minimum atomic E-state index is -0.890. The van der Waals surface area contributed by atoms with E-state index >= 15 is 0 Å². The molecule has 1 saturated heterocycles. The third-order valence-electron chi connectivity index (χ3n) is 3.48. The molecule has 1 aromatic carbocycles. The van der Waals surface area contributed by atoms with Crippen molar-refractivity contribution in [1.29, 1.82) is 0 Å². The zero-order valence-electron chi connectivity index (χ0n) is 12.8. The summed E-state index contributed by atoms with van der Waals surface area (Å²) in [6, 6.07) is 5.39. The van der Waals surface area contributed by atoms with Crippen LogP contribution >= 0.6 is 0 Å². The lowest BCUT2D eigenvalue weighted by molar-refractivity contribution is 0.122. The summed E-state index contributed by atoms with van der Waals surface area (Å²) in [5.74, 6) is -0.766. The molecule has 0 radical (unpaired) electrons. The van der Waals surface area contributed by atoms with Gasteiger partial charge in [0.1, 0.15) is 6.61 Å². The van der Waals surface area contributed by atoms with E-state index in [2.05, 4.69) is 9.97 Å². The lowest BCUT2D eigenvalue weighted by Crippen LogP contribution is -2.37. The van der Waals surface area contributed by atoms with Gasteiger partial charge in [-0.2, -0.15) is 4.98 Å². The van der Waals surface area contributed by atoms with Crippen molar-refractivity contribution in [2.45, 2.75) is 13.5 Å². The van der Waals surface area contributed by atoms with E-state index in [0.717, 1.165) is 30.9 Å². The highest BCUT2D eigenvalue weighted by atomic mass is 19.2. The molecule has 0 saturated carbocycles. The number of ether oxygens (including phenoxy) is 2. The predicted octanol–water partition coefficient (Wildman–Crippen LogP) is 2.48. The molecule has 122 valence electrons. The smallest absolute Gasteiger partial charge is 0.229 e. The van der Waals surface area contributed by atoms with Crippen molar-refractivity contribution >= 4 is 5.95 Å². The van der Waals surface area contributed by atoms with E-state index < -0.39 is 11.6 Å². The molecule has 2 heterocycles. The second-order valence-corrected chi connectivity index (χ2v) is 5.28. The van der Waals surface area contributed by atoms with E-state index in [1.807, 2.05) is 11.8 Å². The van der Waals surface area contributed by atoms with Crippen LogP contribution in [-0.4, -0.2) is 36.3 Å². The van der Waals surface area contributed by atoms with Crippen LogP contribution in [0.1, 0.15) is 11.3 Å². The Morgan fingerprint density at radius 2 is 1.91 bits per heavy atom. The van der Waals surface area contributed by atoms with Crippen LogP contribution in [0.5, 0.6) is 5.88 Å². The van der Waals surface area contributed by atoms with E-state index in [1.165, 1.54) is 6.07 Å². The van der Waals surface area contributed by atoms with Crippen LogP contribution in [0.25, 0.3) is 0 Å². The molecular formula is C16H17F2N3O2. The number of hydrogen-bond donors (Lipinski definition) is 0. The van der Waals surface area contributed by atoms with Gasteiger partial charge in [0.05, 0.1) is 13.2 Å². The topological polar surface area (TPSA) is 47.5 Å². The van der Waals surface area contributed by atoms with Gasteiger partial charge >= 0.3 is 0 Å². The van der Waals surface area contributed by atoms with Gasteiger partial charge in [0.2, 0.25) is 11.8 Å². The first-order chi connectivity index (χ1) is 11.1. The quantitative estimate of drug-likeness (QED) is 0.866. The Balaban J connectivity index is 1.71. The van der Waals surface area contributed by atoms with Gasteiger partial charge in [0.25, 0.3) is 0 Å². The van der Waals surface area contributed by atoms with Crippen LogP contribution in [0.3, 0.4) is 0 Å². The maximum Gasteiger partial charge on any atom is 0.229 e. The molecule has 3 rings (SSSR count). The first-order valence-corrected chi connectivity index (χ1v) is 7.37.